The zero-order valence-corrected chi connectivity index (χ0v) is 16.6. The van der Waals surface area contributed by atoms with Crippen molar-refractivity contribution in [1.82, 2.24) is 10.3 Å². The van der Waals surface area contributed by atoms with Gasteiger partial charge in [-0.05, 0) is 38.7 Å². The fourth-order valence-corrected chi connectivity index (χ4v) is 3.13. The average Bonchev–Trinajstić information content (AvgIpc) is 2.94. The number of aromatic nitrogens is 1. The maximum absolute atomic E-state index is 12.3. The van der Waals surface area contributed by atoms with Gasteiger partial charge < -0.3 is 20.2 Å². The highest BCUT2D eigenvalue weighted by Gasteiger charge is 2.20. The first-order chi connectivity index (χ1) is 12.3. The van der Waals surface area contributed by atoms with Crippen LogP contribution in [-0.2, 0) is 11.2 Å². The molecule has 142 valence electrons. The number of nitrogens with one attached hydrogen (secondary N) is 2. The number of para-hydroxylation sites is 1. The molecular weight excluding hydrogens is 350 g/mol. The molecule has 1 atom stereocenters. The van der Waals surface area contributed by atoms with Crippen molar-refractivity contribution in [1.29, 1.82) is 0 Å². The third kappa shape index (κ3) is 6.29. The number of alkyl carbamates (subject to hydrolysis) is 1. The van der Waals surface area contributed by atoms with E-state index in [0.717, 1.165) is 21.2 Å². The van der Waals surface area contributed by atoms with Crippen LogP contribution in [0.5, 0.6) is 0 Å². The number of hydroxylamine groups is 1. The van der Waals surface area contributed by atoms with E-state index in [2.05, 4.69) is 10.3 Å². The molecule has 0 radical (unpaired) electrons. The Balaban J connectivity index is 1.96. The van der Waals surface area contributed by atoms with Crippen LogP contribution in [0, 0.1) is 5.21 Å². The highest BCUT2D eigenvalue weighted by Crippen LogP contribution is 2.17. The van der Waals surface area contributed by atoms with Crippen molar-refractivity contribution in [2.24, 2.45) is 0 Å². The smallest absolute Gasteiger partial charge is 0.408 e. The lowest BCUT2D eigenvalue weighted by molar-refractivity contribution is -0.453. The Morgan fingerprint density at radius 2 is 2.15 bits per heavy atom. The first-order valence-corrected chi connectivity index (χ1v) is 10.00. The van der Waals surface area contributed by atoms with Gasteiger partial charge >= 0.3 is 6.09 Å². The van der Waals surface area contributed by atoms with E-state index < -0.39 is 11.7 Å². The predicted molar refractivity (Wildman–Crippen MR) is 108 cm³/mol. The van der Waals surface area contributed by atoms with Crippen molar-refractivity contribution >= 4 is 35.0 Å². The first-order valence-electron chi connectivity index (χ1n) is 8.60. The van der Waals surface area contributed by atoms with Crippen molar-refractivity contribution < 1.29 is 14.3 Å². The zero-order valence-electron chi connectivity index (χ0n) is 15.7. The third-order valence-electron chi connectivity index (χ3n) is 3.67. The third-order valence-corrected chi connectivity index (χ3v) is 4.36. The predicted octanol–water partition coefficient (Wildman–Crippen LogP) is 3.55. The summed E-state index contributed by atoms with van der Waals surface area (Å²) < 4.78 is 6.15. The number of carbonyl (C=O) groups is 1. The molecule has 2 aromatic rings. The number of thioether (sulfide) groups is 1. The molecule has 0 saturated heterocycles. The van der Waals surface area contributed by atoms with E-state index >= 15 is 0 Å². The Kier molecular flexibility index (Phi) is 6.97. The van der Waals surface area contributed by atoms with Gasteiger partial charge in [0.05, 0.1) is 0 Å². The first kappa shape index (κ1) is 20.2. The molecule has 0 aliphatic heterocycles. The second-order valence-corrected chi connectivity index (χ2v) is 8.02. The number of carbonyl (C=O) groups excluding carboxylic acids is 1. The number of benzene rings is 1. The van der Waals surface area contributed by atoms with Gasteiger partial charge in [-0.25, -0.2) is 9.53 Å². The minimum Gasteiger partial charge on any atom is -0.624 e. The number of hydrogen-bond donors (Lipinski definition) is 2. The summed E-state index contributed by atoms with van der Waals surface area (Å²) in [6, 6.07) is 7.64. The number of amides is 1. The van der Waals surface area contributed by atoms with Crippen LogP contribution in [0.3, 0.4) is 0 Å². The normalized spacial score (nSPS) is 13.6. The van der Waals surface area contributed by atoms with Gasteiger partial charge in [0.25, 0.3) is 0 Å². The standard InChI is InChI=1S/C19H27N3O3S/c1-19(2,3)25-18(23)21-15(13-26-4)12-22(24)10-9-14-11-20-17-8-6-5-7-16(14)17/h5-8,11-12,15,20H,9-10,13H2,1-4H3,(H,21,23)/b22-12-. The number of nitrogens with zero attached hydrogens (tertiary/aromatic N) is 1. The van der Waals surface area contributed by atoms with Gasteiger partial charge in [0.15, 0.2) is 12.8 Å². The van der Waals surface area contributed by atoms with E-state index in [0.29, 0.717) is 18.7 Å². The second kappa shape index (κ2) is 8.98. The topological polar surface area (TPSA) is 80.2 Å². The fourth-order valence-electron chi connectivity index (χ4n) is 2.60. The maximum Gasteiger partial charge on any atom is 0.408 e. The lowest BCUT2D eigenvalue weighted by Crippen LogP contribution is -2.42. The molecule has 26 heavy (non-hydrogen) atoms. The van der Waals surface area contributed by atoms with Crippen LogP contribution in [0.4, 0.5) is 4.79 Å². The van der Waals surface area contributed by atoms with E-state index in [-0.39, 0.29) is 6.04 Å². The number of fused-ring (bicyclic) bond motifs is 1. The van der Waals surface area contributed by atoms with E-state index in [1.165, 1.54) is 6.21 Å². The van der Waals surface area contributed by atoms with Gasteiger partial charge in [0.1, 0.15) is 11.6 Å². The molecule has 7 heteroatoms. The van der Waals surface area contributed by atoms with Crippen molar-refractivity contribution in [2.45, 2.75) is 38.8 Å². The van der Waals surface area contributed by atoms with E-state index in [1.807, 2.05) is 36.7 Å². The van der Waals surface area contributed by atoms with Gasteiger partial charge in [0.2, 0.25) is 0 Å². The molecule has 1 amide bonds. The van der Waals surface area contributed by atoms with Crippen molar-refractivity contribution in [2.75, 3.05) is 18.6 Å². The summed E-state index contributed by atoms with van der Waals surface area (Å²) in [5.74, 6) is 0.602. The number of rotatable bonds is 7. The summed E-state index contributed by atoms with van der Waals surface area (Å²) in [4.78, 5) is 15.1. The largest absolute Gasteiger partial charge is 0.624 e. The van der Waals surface area contributed by atoms with Gasteiger partial charge in [-0.2, -0.15) is 11.8 Å². The minimum atomic E-state index is -0.569. The van der Waals surface area contributed by atoms with Crippen LogP contribution in [0.25, 0.3) is 10.9 Å². The fraction of sp³-hybridized carbons (Fsp3) is 0.474. The van der Waals surface area contributed by atoms with Gasteiger partial charge in [-0.3, -0.25) is 0 Å². The van der Waals surface area contributed by atoms with Crippen LogP contribution in [0.1, 0.15) is 26.3 Å². The van der Waals surface area contributed by atoms with Crippen molar-refractivity contribution in [3.8, 4) is 0 Å². The van der Waals surface area contributed by atoms with E-state index in [1.54, 1.807) is 32.5 Å². The molecule has 0 saturated carbocycles. The molecule has 0 bridgehead atoms. The second-order valence-electron chi connectivity index (χ2n) is 7.11. The maximum atomic E-state index is 12.3. The summed E-state index contributed by atoms with van der Waals surface area (Å²) in [5, 5.41) is 16.2. The van der Waals surface area contributed by atoms with Crippen LogP contribution in [0.15, 0.2) is 30.5 Å². The Morgan fingerprint density at radius 1 is 1.42 bits per heavy atom. The molecule has 0 fully saturated rings. The molecule has 0 spiro atoms. The Bertz CT molecular complexity index is 765. The Hall–Kier alpha value is -2.15. The molecule has 2 rings (SSSR count). The van der Waals surface area contributed by atoms with Crippen molar-refractivity contribution in [3.05, 3.63) is 41.2 Å². The summed E-state index contributed by atoms with van der Waals surface area (Å²) in [6.45, 7) is 5.74. The molecule has 0 aliphatic rings. The molecule has 2 N–H and O–H groups in total. The lowest BCUT2D eigenvalue weighted by Gasteiger charge is -2.21. The molecule has 6 nitrogen and oxygen atoms in total. The molecular formula is C19H27N3O3S. The molecule has 1 aromatic carbocycles. The van der Waals surface area contributed by atoms with Crippen LogP contribution in [-0.4, -0.2) is 52.2 Å². The summed E-state index contributed by atoms with van der Waals surface area (Å²) in [6.07, 6.45) is 5.49. The van der Waals surface area contributed by atoms with Crippen molar-refractivity contribution in [3.63, 3.8) is 0 Å². The van der Waals surface area contributed by atoms with Crippen LogP contribution >= 0.6 is 11.8 Å². The number of ether oxygens (including phenoxy) is 1. The Morgan fingerprint density at radius 3 is 2.85 bits per heavy atom. The summed E-state index contributed by atoms with van der Waals surface area (Å²) in [7, 11) is 0. The summed E-state index contributed by atoms with van der Waals surface area (Å²) in [5.41, 5.74) is 1.60. The van der Waals surface area contributed by atoms with Gasteiger partial charge in [-0.1, -0.05) is 18.2 Å². The van der Waals surface area contributed by atoms with E-state index in [9.17, 15) is 10.0 Å². The van der Waals surface area contributed by atoms with Crippen LogP contribution < -0.4 is 5.32 Å². The number of aromatic amines is 1. The lowest BCUT2D eigenvalue weighted by atomic mass is 10.1. The molecule has 0 aliphatic carbocycles. The average molecular weight is 378 g/mol. The zero-order chi connectivity index (χ0) is 19.2. The molecule has 1 unspecified atom stereocenters. The van der Waals surface area contributed by atoms with E-state index in [4.69, 9.17) is 4.74 Å². The Labute approximate surface area is 158 Å². The molecule has 1 aromatic heterocycles. The van der Waals surface area contributed by atoms with Crippen LogP contribution in [0.2, 0.25) is 0 Å². The summed E-state index contributed by atoms with van der Waals surface area (Å²) >= 11 is 1.56. The monoisotopic (exact) mass is 377 g/mol. The molecule has 1 heterocycles. The van der Waals surface area contributed by atoms with Gasteiger partial charge in [0, 0.05) is 29.3 Å². The number of hydrogen-bond acceptors (Lipinski definition) is 4. The quantitative estimate of drug-likeness (QED) is 0.335. The highest BCUT2D eigenvalue weighted by atomic mass is 32.2. The SMILES string of the molecule is CSCC(/C=[N+](\[O-])CCc1c[nH]c2ccccc12)NC(=O)OC(C)(C)C. The van der Waals surface area contributed by atoms with Gasteiger partial charge in [-0.15, -0.1) is 0 Å². The number of H-pyrrole nitrogens is 1. The minimum absolute atomic E-state index is 0.322. The highest BCUT2D eigenvalue weighted by molar-refractivity contribution is 7.98.